The Morgan fingerprint density at radius 1 is 1.14 bits per heavy atom. The first-order valence-corrected chi connectivity index (χ1v) is 7.89. The van der Waals surface area contributed by atoms with Crippen molar-refractivity contribution in [3.05, 3.63) is 64.4 Å². The lowest BCUT2D eigenvalue weighted by atomic mass is 10.00. The van der Waals surface area contributed by atoms with Gasteiger partial charge < -0.3 is 5.32 Å². The summed E-state index contributed by atoms with van der Waals surface area (Å²) in [5.41, 5.74) is 2.29. The minimum Gasteiger partial charge on any atom is -0.305 e. The number of halogens is 1. The molecule has 1 N–H and O–H groups in total. The van der Waals surface area contributed by atoms with Crippen molar-refractivity contribution in [1.82, 2.24) is 15.1 Å². The Hall–Kier alpha value is -1.65. The third kappa shape index (κ3) is 3.01. The number of hydrogen-bond acceptors (Lipinski definition) is 2. The Labute approximate surface area is 133 Å². The molecular formula is C17H18BrN3. The molecule has 2 aromatic carbocycles. The van der Waals surface area contributed by atoms with Crippen LogP contribution in [0, 0.1) is 0 Å². The molecule has 3 nitrogen and oxygen atoms in total. The highest BCUT2D eigenvalue weighted by molar-refractivity contribution is 9.10. The number of aryl methyl sites for hydroxylation is 1. The molecule has 4 heteroatoms. The molecule has 0 saturated carbocycles. The standard InChI is InChI=1S/C17H18BrN3/c1-3-19-17(16-8-9-21(2)20-16)14-5-4-13-11-15(18)7-6-12(13)10-14/h4-11,17,19H,3H2,1-2H3. The van der Waals surface area contributed by atoms with E-state index < -0.39 is 0 Å². The molecule has 1 atom stereocenters. The van der Waals surface area contributed by atoms with Crippen LogP contribution in [0.2, 0.25) is 0 Å². The van der Waals surface area contributed by atoms with Crippen LogP contribution in [0.3, 0.4) is 0 Å². The second kappa shape index (κ2) is 6.00. The van der Waals surface area contributed by atoms with Crippen molar-refractivity contribution < 1.29 is 0 Å². The van der Waals surface area contributed by atoms with E-state index >= 15 is 0 Å². The molecular weight excluding hydrogens is 326 g/mol. The van der Waals surface area contributed by atoms with E-state index in [1.807, 2.05) is 17.9 Å². The summed E-state index contributed by atoms with van der Waals surface area (Å²) in [6.45, 7) is 3.02. The van der Waals surface area contributed by atoms with E-state index in [2.05, 4.69) is 75.7 Å². The second-order valence-electron chi connectivity index (χ2n) is 5.16. The molecule has 0 aliphatic heterocycles. The van der Waals surface area contributed by atoms with Crippen LogP contribution in [0.25, 0.3) is 10.8 Å². The van der Waals surface area contributed by atoms with Crippen molar-refractivity contribution >= 4 is 26.7 Å². The summed E-state index contributed by atoms with van der Waals surface area (Å²) in [7, 11) is 1.95. The molecule has 3 rings (SSSR count). The number of hydrogen-bond donors (Lipinski definition) is 1. The Bertz CT molecular complexity index is 764. The van der Waals surface area contributed by atoms with Gasteiger partial charge in [-0.15, -0.1) is 0 Å². The third-order valence-corrected chi connectivity index (χ3v) is 4.09. The molecule has 0 amide bonds. The van der Waals surface area contributed by atoms with E-state index in [1.54, 1.807) is 0 Å². The van der Waals surface area contributed by atoms with E-state index in [4.69, 9.17) is 0 Å². The summed E-state index contributed by atoms with van der Waals surface area (Å²) in [6, 6.07) is 15.1. The van der Waals surface area contributed by atoms with Gasteiger partial charge in [0.2, 0.25) is 0 Å². The first-order chi connectivity index (χ1) is 10.2. The quantitative estimate of drug-likeness (QED) is 0.774. The van der Waals surface area contributed by atoms with Crippen LogP contribution in [0.1, 0.15) is 24.2 Å². The van der Waals surface area contributed by atoms with Gasteiger partial charge in [0.1, 0.15) is 0 Å². The van der Waals surface area contributed by atoms with E-state index in [-0.39, 0.29) is 6.04 Å². The zero-order chi connectivity index (χ0) is 14.8. The fraction of sp³-hybridized carbons (Fsp3) is 0.235. The molecule has 0 saturated heterocycles. The summed E-state index contributed by atoms with van der Waals surface area (Å²) >= 11 is 3.52. The van der Waals surface area contributed by atoms with Gasteiger partial charge >= 0.3 is 0 Å². The van der Waals surface area contributed by atoms with Gasteiger partial charge in [-0.1, -0.05) is 41.1 Å². The summed E-state index contributed by atoms with van der Waals surface area (Å²) < 4.78 is 2.95. The number of rotatable bonds is 4. The lowest BCUT2D eigenvalue weighted by molar-refractivity contribution is 0.600. The molecule has 21 heavy (non-hydrogen) atoms. The minimum absolute atomic E-state index is 0.129. The van der Waals surface area contributed by atoms with Crippen molar-refractivity contribution in [2.45, 2.75) is 13.0 Å². The molecule has 0 fully saturated rings. The van der Waals surface area contributed by atoms with Crippen LogP contribution in [0.4, 0.5) is 0 Å². The predicted molar refractivity (Wildman–Crippen MR) is 90.4 cm³/mol. The van der Waals surface area contributed by atoms with Crippen LogP contribution in [0.5, 0.6) is 0 Å². The molecule has 0 spiro atoms. The molecule has 0 aliphatic rings. The number of aromatic nitrogens is 2. The monoisotopic (exact) mass is 343 g/mol. The minimum atomic E-state index is 0.129. The second-order valence-corrected chi connectivity index (χ2v) is 6.07. The molecule has 1 unspecified atom stereocenters. The fourth-order valence-electron chi connectivity index (χ4n) is 2.60. The largest absolute Gasteiger partial charge is 0.305 e. The van der Waals surface area contributed by atoms with E-state index in [9.17, 15) is 0 Å². The molecule has 0 bridgehead atoms. The maximum atomic E-state index is 4.55. The van der Waals surface area contributed by atoms with E-state index in [1.165, 1.54) is 16.3 Å². The first-order valence-electron chi connectivity index (χ1n) is 7.09. The maximum absolute atomic E-state index is 4.55. The highest BCUT2D eigenvalue weighted by atomic mass is 79.9. The van der Waals surface area contributed by atoms with E-state index in [0.29, 0.717) is 0 Å². The van der Waals surface area contributed by atoms with Gasteiger partial charge in [-0.3, -0.25) is 4.68 Å². The van der Waals surface area contributed by atoms with Crippen LogP contribution >= 0.6 is 15.9 Å². The van der Waals surface area contributed by atoms with Crippen LogP contribution in [-0.4, -0.2) is 16.3 Å². The number of fused-ring (bicyclic) bond motifs is 1. The Morgan fingerprint density at radius 3 is 2.62 bits per heavy atom. The SMILES string of the molecule is CCNC(c1ccc2cc(Br)ccc2c1)c1ccn(C)n1. The Balaban J connectivity index is 2.04. The number of nitrogens with zero attached hydrogens (tertiary/aromatic N) is 2. The molecule has 1 heterocycles. The highest BCUT2D eigenvalue weighted by Crippen LogP contribution is 2.26. The average Bonchev–Trinajstić information content (AvgIpc) is 2.90. The van der Waals surface area contributed by atoms with Gasteiger partial charge in [-0.05, 0) is 47.1 Å². The summed E-state index contributed by atoms with van der Waals surface area (Å²) in [6.07, 6.45) is 1.98. The van der Waals surface area contributed by atoms with Crippen molar-refractivity contribution in [2.24, 2.45) is 7.05 Å². The van der Waals surface area contributed by atoms with Gasteiger partial charge in [0.25, 0.3) is 0 Å². The summed E-state index contributed by atoms with van der Waals surface area (Å²) in [4.78, 5) is 0. The van der Waals surface area contributed by atoms with Crippen molar-refractivity contribution in [1.29, 1.82) is 0 Å². The Morgan fingerprint density at radius 2 is 1.90 bits per heavy atom. The van der Waals surface area contributed by atoms with Gasteiger partial charge in [0.15, 0.2) is 0 Å². The topological polar surface area (TPSA) is 29.9 Å². The van der Waals surface area contributed by atoms with Gasteiger partial charge in [0.05, 0.1) is 11.7 Å². The van der Waals surface area contributed by atoms with Gasteiger partial charge in [-0.2, -0.15) is 5.10 Å². The maximum Gasteiger partial charge on any atom is 0.0839 e. The fourth-order valence-corrected chi connectivity index (χ4v) is 2.98. The van der Waals surface area contributed by atoms with Crippen LogP contribution in [0.15, 0.2) is 53.1 Å². The smallest absolute Gasteiger partial charge is 0.0839 e. The summed E-state index contributed by atoms with van der Waals surface area (Å²) in [5, 5.41) is 10.6. The zero-order valence-electron chi connectivity index (χ0n) is 12.2. The van der Waals surface area contributed by atoms with Gasteiger partial charge in [0, 0.05) is 17.7 Å². The highest BCUT2D eigenvalue weighted by Gasteiger charge is 2.15. The lowest BCUT2D eigenvalue weighted by Crippen LogP contribution is -2.22. The molecule has 0 aliphatic carbocycles. The normalized spacial score (nSPS) is 12.7. The molecule has 3 aromatic rings. The Kier molecular flexibility index (Phi) is 4.08. The first kappa shape index (κ1) is 14.3. The van der Waals surface area contributed by atoms with Crippen LogP contribution in [-0.2, 0) is 7.05 Å². The van der Waals surface area contributed by atoms with Crippen molar-refractivity contribution in [3.63, 3.8) is 0 Å². The van der Waals surface area contributed by atoms with Gasteiger partial charge in [-0.25, -0.2) is 0 Å². The number of nitrogens with one attached hydrogen (secondary N) is 1. The third-order valence-electron chi connectivity index (χ3n) is 3.60. The lowest BCUT2D eigenvalue weighted by Gasteiger charge is -2.17. The van der Waals surface area contributed by atoms with Crippen LogP contribution < -0.4 is 5.32 Å². The van der Waals surface area contributed by atoms with Crippen molar-refractivity contribution in [2.75, 3.05) is 6.54 Å². The average molecular weight is 344 g/mol. The number of benzene rings is 2. The van der Waals surface area contributed by atoms with E-state index in [0.717, 1.165) is 16.7 Å². The van der Waals surface area contributed by atoms with Crippen molar-refractivity contribution in [3.8, 4) is 0 Å². The molecule has 0 radical (unpaired) electrons. The summed E-state index contributed by atoms with van der Waals surface area (Å²) in [5.74, 6) is 0. The predicted octanol–water partition coefficient (Wildman–Crippen LogP) is 4.03. The zero-order valence-corrected chi connectivity index (χ0v) is 13.8. The molecule has 108 valence electrons. The molecule has 1 aromatic heterocycles.